The van der Waals surface area contributed by atoms with E-state index in [0.717, 1.165) is 9.82 Å². The van der Waals surface area contributed by atoms with Crippen molar-refractivity contribution in [2.75, 3.05) is 21.2 Å². The molecular weight excluding hydrogens is 472 g/mol. The molecule has 0 atom stereocenters. The highest BCUT2D eigenvalue weighted by Crippen LogP contribution is 2.29. The third kappa shape index (κ3) is 5.62. The van der Waals surface area contributed by atoms with E-state index >= 15 is 0 Å². The fourth-order valence-corrected chi connectivity index (χ4v) is 4.19. The minimum absolute atomic E-state index is 0.0454. The number of hydrogen-bond acceptors (Lipinski definition) is 7. The van der Waals surface area contributed by atoms with E-state index < -0.39 is 22.6 Å². The molecule has 2 aromatic carbocycles. The molecule has 0 bridgehead atoms. The highest BCUT2D eigenvalue weighted by atomic mass is 32.2. The van der Waals surface area contributed by atoms with Crippen LogP contribution in [0.2, 0.25) is 0 Å². The van der Waals surface area contributed by atoms with E-state index in [2.05, 4.69) is 9.72 Å². The van der Waals surface area contributed by atoms with E-state index in [9.17, 15) is 22.0 Å². The Labute approximate surface area is 195 Å². The number of nitrogens with zero attached hydrogens (tertiary/aromatic N) is 3. The maximum Gasteiger partial charge on any atom is 0.387 e. The van der Waals surface area contributed by atoms with Crippen molar-refractivity contribution in [3.05, 3.63) is 47.8 Å². The molecule has 0 aliphatic carbocycles. The lowest BCUT2D eigenvalue weighted by atomic mass is 10.2. The van der Waals surface area contributed by atoms with Crippen molar-refractivity contribution in [1.29, 1.82) is 0 Å². The molecule has 0 aliphatic heterocycles. The first-order valence-corrected chi connectivity index (χ1v) is 11.6. The van der Waals surface area contributed by atoms with E-state index in [1.807, 2.05) is 0 Å². The van der Waals surface area contributed by atoms with E-state index in [4.69, 9.17) is 9.47 Å². The predicted molar refractivity (Wildman–Crippen MR) is 119 cm³/mol. The summed E-state index contributed by atoms with van der Waals surface area (Å²) >= 11 is 0. The van der Waals surface area contributed by atoms with Crippen LogP contribution in [0.1, 0.15) is 17.8 Å². The number of carbonyl (C=O) groups excluding carboxylic acids is 1. The van der Waals surface area contributed by atoms with Crippen molar-refractivity contribution in [1.82, 2.24) is 13.9 Å². The molecule has 184 valence electrons. The normalized spacial score (nSPS) is 11.9. The smallest absolute Gasteiger partial charge is 0.387 e. The van der Waals surface area contributed by atoms with Gasteiger partial charge in [0.15, 0.2) is 11.5 Å². The summed E-state index contributed by atoms with van der Waals surface area (Å²) in [6.07, 6.45) is 0.327. The lowest BCUT2D eigenvalue weighted by Crippen LogP contribution is -2.22. The number of hydrogen-bond donors (Lipinski definition) is 0. The summed E-state index contributed by atoms with van der Waals surface area (Å²) in [5, 5.41) is 0. The lowest BCUT2D eigenvalue weighted by Gasteiger charge is -2.11. The zero-order valence-electron chi connectivity index (χ0n) is 19.1. The minimum atomic E-state index is -3.59. The number of fused-ring (bicyclic) bond motifs is 1. The van der Waals surface area contributed by atoms with E-state index in [-0.39, 0.29) is 35.8 Å². The van der Waals surface area contributed by atoms with Gasteiger partial charge in [-0.25, -0.2) is 17.7 Å². The van der Waals surface area contributed by atoms with Crippen LogP contribution in [0.5, 0.6) is 11.5 Å². The topological polar surface area (TPSA) is 100.0 Å². The van der Waals surface area contributed by atoms with Crippen LogP contribution < -0.4 is 9.47 Å². The first kappa shape index (κ1) is 25.4. The Hall–Kier alpha value is -3.25. The predicted octanol–water partition coefficient (Wildman–Crippen LogP) is 3.11. The molecule has 12 heteroatoms. The van der Waals surface area contributed by atoms with Gasteiger partial charge in [-0.15, -0.1) is 0 Å². The van der Waals surface area contributed by atoms with Crippen molar-refractivity contribution < 1.29 is 36.2 Å². The van der Waals surface area contributed by atoms with Crippen LogP contribution in [0.25, 0.3) is 11.0 Å². The highest BCUT2D eigenvalue weighted by molar-refractivity contribution is 7.89. The van der Waals surface area contributed by atoms with Crippen molar-refractivity contribution in [3.63, 3.8) is 0 Å². The second kappa shape index (κ2) is 10.3. The first-order chi connectivity index (χ1) is 16.0. The maximum atomic E-state index is 12.4. The van der Waals surface area contributed by atoms with Gasteiger partial charge in [0.1, 0.15) is 12.4 Å². The van der Waals surface area contributed by atoms with Crippen molar-refractivity contribution in [2.24, 2.45) is 7.05 Å². The molecule has 0 saturated carbocycles. The van der Waals surface area contributed by atoms with Crippen LogP contribution >= 0.6 is 0 Å². The van der Waals surface area contributed by atoms with Gasteiger partial charge in [0.25, 0.3) is 0 Å². The van der Waals surface area contributed by atoms with Gasteiger partial charge in [-0.1, -0.05) is 6.07 Å². The monoisotopic (exact) mass is 497 g/mol. The molecule has 0 spiro atoms. The Balaban J connectivity index is 1.63. The van der Waals surface area contributed by atoms with Gasteiger partial charge in [-0.2, -0.15) is 8.78 Å². The Morgan fingerprint density at radius 3 is 2.53 bits per heavy atom. The number of aryl methyl sites for hydroxylation is 2. The number of aromatic nitrogens is 2. The highest BCUT2D eigenvalue weighted by Gasteiger charge is 2.19. The quantitative estimate of drug-likeness (QED) is 0.397. The maximum absolute atomic E-state index is 12.4. The number of methoxy groups -OCH3 is 1. The Morgan fingerprint density at radius 1 is 1.15 bits per heavy atom. The van der Waals surface area contributed by atoms with Gasteiger partial charge in [-0.3, -0.25) is 4.79 Å². The summed E-state index contributed by atoms with van der Waals surface area (Å²) in [6.45, 7) is -3.05. The molecule has 9 nitrogen and oxygen atoms in total. The summed E-state index contributed by atoms with van der Waals surface area (Å²) in [5.41, 5.74) is 1.79. The van der Waals surface area contributed by atoms with Gasteiger partial charge in [0.05, 0.1) is 29.5 Å². The number of benzene rings is 2. The molecule has 0 saturated heterocycles. The fourth-order valence-electron chi connectivity index (χ4n) is 3.27. The molecule has 3 rings (SSSR count). The van der Waals surface area contributed by atoms with Crippen molar-refractivity contribution in [3.8, 4) is 11.5 Å². The molecule has 0 unspecified atom stereocenters. The van der Waals surface area contributed by atoms with Gasteiger partial charge < -0.3 is 18.8 Å². The average Bonchev–Trinajstić information content (AvgIpc) is 3.11. The van der Waals surface area contributed by atoms with Gasteiger partial charge >= 0.3 is 12.6 Å². The van der Waals surface area contributed by atoms with Crippen LogP contribution in [0.4, 0.5) is 8.78 Å². The lowest BCUT2D eigenvalue weighted by molar-refractivity contribution is -0.144. The van der Waals surface area contributed by atoms with Gasteiger partial charge in [-0.05, 0) is 35.9 Å². The minimum Gasteiger partial charge on any atom is -0.493 e. The molecule has 1 heterocycles. The molecule has 0 fully saturated rings. The number of sulfonamides is 1. The van der Waals surface area contributed by atoms with Crippen LogP contribution in [0.3, 0.4) is 0 Å². The molecule has 0 aliphatic rings. The summed E-state index contributed by atoms with van der Waals surface area (Å²) in [4.78, 5) is 16.9. The number of imidazole rings is 1. The van der Waals surface area contributed by atoms with Crippen LogP contribution in [0, 0.1) is 0 Å². The van der Waals surface area contributed by atoms with E-state index in [1.165, 1.54) is 51.5 Å². The zero-order chi connectivity index (χ0) is 25.0. The van der Waals surface area contributed by atoms with E-state index in [1.54, 1.807) is 17.7 Å². The SMILES string of the molecule is COc1cc(COC(=O)CCc2nc3cc(S(=O)(=O)N(C)C)ccc3n2C)ccc1OC(F)F. The van der Waals surface area contributed by atoms with Crippen molar-refractivity contribution in [2.45, 2.75) is 31.0 Å². The summed E-state index contributed by atoms with van der Waals surface area (Å²) < 4.78 is 67.2. The van der Waals surface area contributed by atoms with E-state index in [0.29, 0.717) is 16.9 Å². The van der Waals surface area contributed by atoms with Crippen molar-refractivity contribution >= 4 is 27.0 Å². The molecule has 0 N–H and O–H groups in total. The summed E-state index contributed by atoms with van der Waals surface area (Å²) in [6, 6.07) is 8.96. The van der Waals surface area contributed by atoms with Crippen LogP contribution in [-0.2, 0) is 39.6 Å². The second-order valence-electron chi connectivity index (χ2n) is 7.55. The zero-order valence-corrected chi connectivity index (χ0v) is 19.9. The summed E-state index contributed by atoms with van der Waals surface area (Å²) in [7, 11) is 2.42. The molecule has 3 aromatic rings. The molecule has 0 radical (unpaired) electrons. The van der Waals surface area contributed by atoms with Crippen LogP contribution in [-0.4, -0.2) is 56.1 Å². The third-order valence-electron chi connectivity index (χ3n) is 5.12. The Morgan fingerprint density at radius 2 is 1.88 bits per heavy atom. The first-order valence-electron chi connectivity index (χ1n) is 10.2. The summed E-state index contributed by atoms with van der Waals surface area (Å²) in [5.74, 6) is 0.108. The number of esters is 1. The van der Waals surface area contributed by atoms with Crippen LogP contribution in [0.15, 0.2) is 41.3 Å². The largest absolute Gasteiger partial charge is 0.493 e. The number of alkyl halides is 2. The molecular formula is C22H25F2N3O6S. The molecule has 1 aromatic heterocycles. The Kier molecular flexibility index (Phi) is 7.72. The third-order valence-corrected chi connectivity index (χ3v) is 6.93. The number of carbonyl (C=O) groups is 1. The molecule has 34 heavy (non-hydrogen) atoms. The number of halogens is 2. The number of rotatable bonds is 10. The van der Waals surface area contributed by atoms with Gasteiger partial charge in [0.2, 0.25) is 10.0 Å². The Bertz CT molecular complexity index is 1290. The standard InChI is InChI=1S/C22H25F2N3O6S/c1-26(2)34(29,30)15-6-7-17-16(12-15)25-20(27(17)3)9-10-21(28)32-13-14-5-8-18(33-22(23)24)19(11-14)31-4/h5-8,11-12,22H,9-10,13H2,1-4H3. The van der Waals surface area contributed by atoms with Gasteiger partial charge in [0, 0.05) is 27.6 Å². The second-order valence-corrected chi connectivity index (χ2v) is 9.70. The number of ether oxygens (including phenoxy) is 3. The molecule has 0 amide bonds. The average molecular weight is 498 g/mol. The fraction of sp³-hybridized carbons (Fsp3) is 0.364.